The molecule has 0 unspecified atom stereocenters. The summed E-state index contributed by atoms with van der Waals surface area (Å²) in [6.45, 7) is 3.34. The van der Waals surface area contributed by atoms with Crippen LogP contribution in [-0.2, 0) is 13.8 Å². The quantitative estimate of drug-likeness (QED) is 0.487. The molecule has 0 radical (unpaired) electrons. The van der Waals surface area contributed by atoms with Gasteiger partial charge in [-0.1, -0.05) is 24.3 Å². The highest BCUT2D eigenvalue weighted by molar-refractivity contribution is 8.13. The molecule has 1 aromatic rings. The summed E-state index contributed by atoms with van der Waals surface area (Å²) < 4.78 is 27.1. The Morgan fingerprint density at radius 3 is 2.75 bits per heavy atom. The molecule has 0 amide bonds. The van der Waals surface area contributed by atoms with Crippen LogP contribution in [0.4, 0.5) is 0 Å². The monoisotopic (exact) mass is 300 g/mol. The van der Waals surface area contributed by atoms with Crippen LogP contribution >= 0.6 is 33.6 Å². The second-order valence-electron chi connectivity index (χ2n) is 2.57. The Hall–Kier alpha value is -0.560. The van der Waals surface area contributed by atoms with Crippen molar-refractivity contribution in [2.45, 2.75) is 4.90 Å². The number of esters is 1. The third-order valence-electron chi connectivity index (χ3n) is 1.45. The zero-order chi connectivity index (χ0) is 12.3. The molecule has 1 heterocycles. The van der Waals surface area contributed by atoms with Crippen molar-refractivity contribution < 1.29 is 17.9 Å². The topological polar surface area (TPSA) is 60.4 Å². The molecule has 0 atom stereocenters. The van der Waals surface area contributed by atoms with Crippen molar-refractivity contribution >= 4 is 48.6 Å². The Balaban J connectivity index is 3.13. The van der Waals surface area contributed by atoms with Gasteiger partial charge in [-0.15, -0.1) is 11.3 Å². The summed E-state index contributed by atoms with van der Waals surface area (Å²) >= 11 is 6.41. The van der Waals surface area contributed by atoms with E-state index in [0.717, 1.165) is 17.4 Å². The number of hydrogen-bond donors (Lipinski definition) is 0. The van der Waals surface area contributed by atoms with E-state index in [4.69, 9.17) is 27.0 Å². The van der Waals surface area contributed by atoms with E-state index in [-0.39, 0.29) is 20.7 Å². The number of carbonyl (C=O) groups is 1. The SMILES string of the molecule is C=CCOC(=O)c1sc(Cl)cc1S(=O)(=O)Cl. The molecule has 0 spiro atoms. The lowest BCUT2D eigenvalue weighted by Gasteiger charge is -2.00. The van der Waals surface area contributed by atoms with Crippen molar-refractivity contribution in [3.05, 3.63) is 27.9 Å². The second-order valence-corrected chi connectivity index (χ2v) is 6.79. The first-order valence-electron chi connectivity index (χ1n) is 3.88. The van der Waals surface area contributed by atoms with Crippen LogP contribution in [0.3, 0.4) is 0 Å². The van der Waals surface area contributed by atoms with Gasteiger partial charge in [-0.25, -0.2) is 13.2 Å². The third kappa shape index (κ3) is 3.21. The summed E-state index contributed by atoms with van der Waals surface area (Å²) in [5.41, 5.74) is 0. The minimum Gasteiger partial charge on any atom is -0.457 e. The molecule has 0 saturated carbocycles. The van der Waals surface area contributed by atoms with Crippen LogP contribution in [0, 0.1) is 0 Å². The summed E-state index contributed by atoms with van der Waals surface area (Å²) in [5.74, 6) is -0.795. The van der Waals surface area contributed by atoms with Crippen LogP contribution in [0.15, 0.2) is 23.6 Å². The van der Waals surface area contributed by atoms with E-state index in [9.17, 15) is 13.2 Å². The Morgan fingerprint density at radius 2 is 2.25 bits per heavy atom. The zero-order valence-corrected chi connectivity index (χ0v) is 10.9. The molecular weight excluding hydrogens is 295 g/mol. The number of halogens is 2. The molecule has 1 rings (SSSR count). The van der Waals surface area contributed by atoms with E-state index in [1.807, 2.05) is 0 Å². The van der Waals surface area contributed by atoms with Gasteiger partial charge >= 0.3 is 5.97 Å². The van der Waals surface area contributed by atoms with E-state index in [2.05, 4.69) is 6.58 Å². The average molecular weight is 301 g/mol. The first-order valence-corrected chi connectivity index (χ1v) is 7.38. The molecule has 0 aliphatic rings. The average Bonchev–Trinajstić information content (AvgIpc) is 2.56. The van der Waals surface area contributed by atoms with Gasteiger partial charge in [0, 0.05) is 10.7 Å². The normalized spacial score (nSPS) is 11.1. The third-order valence-corrected chi connectivity index (χ3v) is 4.17. The van der Waals surface area contributed by atoms with Crippen molar-refractivity contribution in [2.75, 3.05) is 6.61 Å². The fourth-order valence-electron chi connectivity index (χ4n) is 0.869. The standard InChI is InChI=1S/C8H6Cl2O4S2/c1-2-3-14-8(11)7-5(16(10,12)13)4-6(9)15-7/h2,4H,1,3H2. The lowest BCUT2D eigenvalue weighted by Crippen LogP contribution is -2.06. The molecule has 0 saturated heterocycles. The Morgan fingerprint density at radius 1 is 1.62 bits per heavy atom. The van der Waals surface area contributed by atoms with Gasteiger partial charge in [0.1, 0.15) is 16.4 Å². The van der Waals surface area contributed by atoms with Gasteiger partial charge in [0.05, 0.1) is 4.34 Å². The zero-order valence-electron chi connectivity index (χ0n) is 7.77. The fourth-order valence-corrected chi connectivity index (χ4v) is 3.54. The maximum absolute atomic E-state index is 11.4. The van der Waals surface area contributed by atoms with Gasteiger partial charge < -0.3 is 4.74 Å². The molecular formula is C8H6Cl2O4S2. The summed E-state index contributed by atoms with van der Waals surface area (Å²) in [6, 6.07) is 1.11. The summed E-state index contributed by atoms with van der Waals surface area (Å²) in [5, 5.41) is 0. The van der Waals surface area contributed by atoms with Crippen molar-refractivity contribution in [3.8, 4) is 0 Å². The largest absolute Gasteiger partial charge is 0.457 e. The summed E-state index contributed by atoms with van der Waals surface area (Å²) in [6.07, 6.45) is 1.36. The van der Waals surface area contributed by atoms with Gasteiger partial charge in [-0.3, -0.25) is 0 Å². The molecule has 8 heteroatoms. The molecule has 16 heavy (non-hydrogen) atoms. The van der Waals surface area contributed by atoms with Crippen LogP contribution in [-0.4, -0.2) is 21.0 Å². The molecule has 0 aliphatic heterocycles. The molecule has 0 N–H and O–H groups in total. The molecule has 1 aromatic heterocycles. The molecule has 0 aromatic carbocycles. The maximum atomic E-state index is 11.4. The smallest absolute Gasteiger partial charge is 0.350 e. The molecule has 0 bridgehead atoms. The highest BCUT2D eigenvalue weighted by atomic mass is 35.7. The minimum absolute atomic E-state index is 0.0177. The Bertz CT molecular complexity index is 518. The first-order chi connectivity index (χ1) is 7.36. The number of ether oxygens (including phenoxy) is 1. The van der Waals surface area contributed by atoms with Gasteiger partial charge in [0.15, 0.2) is 0 Å². The Kier molecular flexibility index (Phi) is 4.37. The number of rotatable bonds is 4. The van der Waals surface area contributed by atoms with Crippen molar-refractivity contribution in [2.24, 2.45) is 0 Å². The highest BCUT2D eigenvalue weighted by Crippen LogP contribution is 2.32. The number of carbonyl (C=O) groups excluding carboxylic acids is 1. The predicted molar refractivity (Wildman–Crippen MR) is 62.8 cm³/mol. The minimum atomic E-state index is -4.01. The van der Waals surface area contributed by atoms with Crippen LogP contribution in [0.2, 0.25) is 4.34 Å². The molecule has 0 aliphatic carbocycles. The lowest BCUT2D eigenvalue weighted by atomic mass is 10.5. The molecule has 88 valence electrons. The predicted octanol–water partition coefficient (Wildman–Crippen LogP) is 2.67. The van der Waals surface area contributed by atoms with Crippen molar-refractivity contribution in [1.82, 2.24) is 0 Å². The Labute approximate surface area is 106 Å². The van der Waals surface area contributed by atoms with E-state index >= 15 is 0 Å². The second kappa shape index (κ2) is 5.18. The maximum Gasteiger partial charge on any atom is 0.350 e. The molecule has 0 fully saturated rings. The van der Waals surface area contributed by atoms with E-state index in [1.165, 1.54) is 6.08 Å². The van der Waals surface area contributed by atoms with Crippen molar-refractivity contribution in [1.29, 1.82) is 0 Å². The van der Waals surface area contributed by atoms with Gasteiger partial charge in [-0.05, 0) is 6.07 Å². The summed E-state index contributed by atoms with van der Waals surface area (Å²) in [4.78, 5) is 11.0. The van der Waals surface area contributed by atoms with Crippen LogP contribution in [0.1, 0.15) is 9.67 Å². The first kappa shape index (κ1) is 13.5. The van der Waals surface area contributed by atoms with Crippen molar-refractivity contribution in [3.63, 3.8) is 0 Å². The van der Waals surface area contributed by atoms with Crippen LogP contribution < -0.4 is 0 Å². The number of hydrogen-bond acceptors (Lipinski definition) is 5. The van der Waals surface area contributed by atoms with Gasteiger partial charge in [-0.2, -0.15) is 0 Å². The van der Waals surface area contributed by atoms with E-state index in [1.54, 1.807) is 0 Å². The molecule has 4 nitrogen and oxygen atoms in total. The van der Waals surface area contributed by atoms with Crippen LogP contribution in [0.25, 0.3) is 0 Å². The van der Waals surface area contributed by atoms with E-state index in [0.29, 0.717) is 0 Å². The van der Waals surface area contributed by atoms with Gasteiger partial charge in [0.25, 0.3) is 9.05 Å². The highest BCUT2D eigenvalue weighted by Gasteiger charge is 2.25. The van der Waals surface area contributed by atoms with Crippen LogP contribution in [0.5, 0.6) is 0 Å². The fraction of sp³-hybridized carbons (Fsp3) is 0.125. The summed E-state index contributed by atoms with van der Waals surface area (Å²) in [7, 11) is 1.14. The lowest BCUT2D eigenvalue weighted by molar-refractivity contribution is 0.0551. The number of thiophene rings is 1. The van der Waals surface area contributed by atoms with E-state index < -0.39 is 15.0 Å². The van der Waals surface area contributed by atoms with Gasteiger partial charge in [0.2, 0.25) is 0 Å².